The van der Waals surface area contributed by atoms with Crippen molar-refractivity contribution in [3.8, 4) is 44.9 Å². The molecule has 76 heavy (non-hydrogen) atoms. The molecule has 6 nitrogen and oxygen atoms in total. The van der Waals surface area contributed by atoms with E-state index in [4.69, 9.17) is 19.4 Å². The highest BCUT2D eigenvalue weighted by Gasteiger charge is 2.29. The molecule has 0 radical (unpaired) electrons. The van der Waals surface area contributed by atoms with Crippen LogP contribution < -0.4 is 9.47 Å². The number of hydrogen-bond donors (Lipinski definition) is 2. The second-order valence-electron chi connectivity index (χ2n) is 25.6. The van der Waals surface area contributed by atoms with Gasteiger partial charge in [0, 0.05) is 76.3 Å². The van der Waals surface area contributed by atoms with E-state index in [0.717, 1.165) is 143 Å². The van der Waals surface area contributed by atoms with Gasteiger partial charge in [-0.3, -0.25) is 0 Å². The molecule has 1 aliphatic heterocycles. The number of rotatable bonds is 5. The summed E-state index contributed by atoms with van der Waals surface area (Å²) >= 11 is 0. The highest BCUT2D eigenvalue weighted by Crippen LogP contribution is 2.53. The second kappa shape index (κ2) is 16.3. The third kappa shape index (κ3) is 7.27. The van der Waals surface area contributed by atoms with Gasteiger partial charge in [0.25, 0.3) is 0 Å². The molecule has 0 atom stereocenters. The number of methoxy groups -OCH3 is 2. The monoisotopic (exact) mass is 995 g/mol. The van der Waals surface area contributed by atoms with Crippen LogP contribution in [0.1, 0.15) is 117 Å². The highest BCUT2D eigenvalue weighted by molar-refractivity contribution is 6.45. The molecule has 8 bridgehead atoms. The Bertz CT molecular complexity index is 4440. The number of aromatic amines is 2. The minimum atomic E-state index is -0.113. The molecule has 0 unspecified atom stereocenters. The number of ether oxygens (including phenoxy) is 2. The van der Waals surface area contributed by atoms with Gasteiger partial charge < -0.3 is 19.4 Å². The van der Waals surface area contributed by atoms with Gasteiger partial charge in [-0.1, -0.05) is 150 Å². The molecule has 8 aromatic carbocycles. The Morgan fingerprint density at radius 3 is 1.37 bits per heavy atom. The Balaban J connectivity index is 1.33. The van der Waals surface area contributed by atoms with E-state index in [9.17, 15) is 0 Å². The van der Waals surface area contributed by atoms with Crippen LogP contribution in [0.5, 0.6) is 11.5 Å². The van der Waals surface area contributed by atoms with Crippen LogP contribution in [0.25, 0.3) is 132 Å². The zero-order chi connectivity index (χ0) is 53.1. The Morgan fingerprint density at radius 1 is 0.368 bits per heavy atom. The maximum absolute atomic E-state index is 6.25. The second-order valence-corrected chi connectivity index (χ2v) is 25.6. The molecular formula is C70H66N4O2. The van der Waals surface area contributed by atoms with Gasteiger partial charge in [-0.25, -0.2) is 9.97 Å². The van der Waals surface area contributed by atoms with Crippen LogP contribution in [0.3, 0.4) is 0 Å². The van der Waals surface area contributed by atoms with Crippen molar-refractivity contribution in [2.24, 2.45) is 0 Å². The molecule has 2 N–H and O–H groups in total. The topological polar surface area (TPSA) is 75.8 Å². The van der Waals surface area contributed by atoms with Crippen LogP contribution in [-0.4, -0.2) is 34.2 Å². The standard InChI is InChI=1S/C70H66N4O2/c1-67(2,3)40-28-38(29-41(32-40)68(4,5)6)59-52-24-22-50(71-52)58(37-18-16-15-17-19-37)51-23-25-53(72-51)60(39-30-42(69(7,8)9)33-43(31-39)70(10,11)12)55-36-47-45-21-27-57(76-14)49-34-48-56(75-13)26-20-44-46-35-54(59)73-65(46)64(66(47)74-55)63(61(44)48)62(45)49/h15-36,71,74H,1-14H3. The summed E-state index contributed by atoms with van der Waals surface area (Å²) in [5, 5.41) is 11.1. The molecule has 0 saturated heterocycles. The van der Waals surface area contributed by atoms with Gasteiger partial charge in [0.1, 0.15) is 11.5 Å². The Labute approximate surface area is 445 Å². The third-order valence-electron chi connectivity index (χ3n) is 16.4. The van der Waals surface area contributed by atoms with E-state index < -0.39 is 0 Å². The maximum Gasteiger partial charge on any atom is 0.126 e. The quantitative estimate of drug-likeness (QED) is 0.133. The van der Waals surface area contributed by atoms with Gasteiger partial charge >= 0.3 is 0 Å². The van der Waals surface area contributed by atoms with Crippen LogP contribution in [0.15, 0.2) is 121 Å². The molecule has 0 aliphatic carbocycles. The van der Waals surface area contributed by atoms with Crippen molar-refractivity contribution in [1.29, 1.82) is 0 Å². The average molecular weight is 995 g/mol. The zero-order valence-electron chi connectivity index (χ0n) is 46.4. The summed E-state index contributed by atoms with van der Waals surface area (Å²) in [6.07, 6.45) is 4.43. The minimum Gasteiger partial charge on any atom is -0.496 e. The summed E-state index contributed by atoms with van der Waals surface area (Å²) < 4.78 is 12.5. The number of aromatic nitrogens is 4. The fraction of sp³-hybridized carbons (Fsp3) is 0.257. The van der Waals surface area contributed by atoms with Crippen LogP contribution in [0, 0.1) is 0 Å². The summed E-state index contributed by atoms with van der Waals surface area (Å²) in [6.45, 7) is 27.7. The fourth-order valence-corrected chi connectivity index (χ4v) is 12.2. The van der Waals surface area contributed by atoms with E-state index in [1.807, 2.05) is 0 Å². The van der Waals surface area contributed by atoms with Crippen molar-refractivity contribution in [2.45, 2.75) is 105 Å². The highest BCUT2D eigenvalue weighted by atomic mass is 16.5. The number of H-pyrrole nitrogens is 2. The first-order valence-corrected chi connectivity index (χ1v) is 26.9. The van der Waals surface area contributed by atoms with E-state index in [1.165, 1.54) is 22.3 Å². The van der Waals surface area contributed by atoms with Gasteiger partial charge in [0.05, 0.1) is 42.2 Å². The van der Waals surface area contributed by atoms with E-state index in [2.05, 4.69) is 227 Å². The molecule has 0 amide bonds. The van der Waals surface area contributed by atoms with E-state index >= 15 is 0 Å². The van der Waals surface area contributed by atoms with Gasteiger partial charge in [0.15, 0.2) is 0 Å². The predicted octanol–water partition coefficient (Wildman–Crippen LogP) is 19.1. The number of nitrogens with zero attached hydrogens (tertiary/aromatic N) is 2. The van der Waals surface area contributed by atoms with E-state index in [-0.39, 0.29) is 21.7 Å². The molecular weight excluding hydrogens is 929 g/mol. The third-order valence-corrected chi connectivity index (χ3v) is 16.4. The first-order chi connectivity index (χ1) is 36.1. The Morgan fingerprint density at radius 2 is 0.855 bits per heavy atom. The predicted molar refractivity (Wildman–Crippen MR) is 324 cm³/mol. The summed E-state index contributed by atoms with van der Waals surface area (Å²) in [4.78, 5) is 20.0. The van der Waals surface area contributed by atoms with Gasteiger partial charge in [-0.05, 0) is 138 Å². The Kier molecular flexibility index (Phi) is 10.2. The van der Waals surface area contributed by atoms with Crippen molar-refractivity contribution < 1.29 is 9.47 Å². The Hall–Kier alpha value is -7.96. The van der Waals surface area contributed by atoms with Gasteiger partial charge in [-0.2, -0.15) is 0 Å². The van der Waals surface area contributed by atoms with Crippen molar-refractivity contribution in [3.63, 3.8) is 0 Å². The first-order valence-electron chi connectivity index (χ1n) is 26.9. The molecule has 12 aromatic rings. The molecule has 4 aromatic heterocycles. The summed E-state index contributed by atoms with van der Waals surface area (Å²) in [6, 6.07) is 45.4. The molecule has 0 fully saturated rings. The van der Waals surface area contributed by atoms with Crippen molar-refractivity contribution >= 4 is 99.1 Å². The number of fused-ring (bicyclic) bond motifs is 8. The van der Waals surface area contributed by atoms with Gasteiger partial charge in [-0.15, -0.1) is 0 Å². The maximum atomic E-state index is 6.25. The van der Waals surface area contributed by atoms with Crippen molar-refractivity contribution in [2.75, 3.05) is 14.2 Å². The van der Waals surface area contributed by atoms with Crippen LogP contribution >= 0.6 is 0 Å². The van der Waals surface area contributed by atoms with Crippen LogP contribution in [-0.2, 0) is 21.7 Å². The minimum absolute atomic E-state index is 0.113. The lowest BCUT2D eigenvalue weighted by molar-refractivity contribution is 0.419. The molecule has 1 aliphatic rings. The van der Waals surface area contributed by atoms with Crippen molar-refractivity contribution in [1.82, 2.24) is 19.9 Å². The molecule has 6 heteroatoms. The molecule has 0 saturated carbocycles. The number of benzene rings is 8. The lowest BCUT2D eigenvalue weighted by Gasteiger charge is -2.26. The number of hydrogen-bond acceptors (Lipinski definition) is 4. The lowest BCUT2D eigenvalue weighted by Crippen LogP contribution is -2.16. The van der Waals surface area contributed by atoms with Crippen molar-refractivity contribution in [3.05, 3.63) is 155 Å². The normalized spacial score (nSPS) is 13.3. The molecule has 378 valence electrons. The largest absolute Gasteiger partial charge is 0.496 e. The van der Waals surface area contributed by atoms with Crippen LogP contribution in [0.2, 0.25) is 0 Å². The van der Waals surface area contributed by atoms with Gasteiger partial charge in [0.2, 0.25) is 0 Å². The van der Waals surface area contributed by atoms with Crippen LogP contribution in [0.4, 0.5) is 0 Å². The van der Waals surface area contributed by atoms with E-state index in [0.29, 0.717) is 0 Å². The lowest BCUT2D eigenvalue weighted by atomic mass is 9.78. The smallest absolute Gasteiger partial charge is 0.126 e. The molecule has 0 spiro atoms. The first kappa shape index (κ1) is 47.7. The SMILES string of the molecule is COc1ccc2c3cc4nc3c3c5[nH]c(cc5c5ccc(OC)c6cc1c2c3c65)c(-c1cc(C(C)(C)C)cc(C(C)(C)C)c1)c1nc(c(-c2ccccc2)c2ccc([nH]2)c4-c2cc(C(C)(C)C)cc(C(C)(C)C)c2)C=C1. The molecule has 13 rings (SSSR count). The number of nitrogens with one attached hydrogen (secondary N) is 2. The summed E-state index contributed by atoms with van der Waals surface area (Å²) in [7, 11) is 3.54. The fourth-order valence-electron chi connectivity index (χ4n) is 12.2. The molecule has 5 heterocycles. The zero-order valence-corrected chi connectivity index (χ0v) is 46.4. The average Bonchev–Trinajstić information content (AvgIpc) is 4.38. The summed E-state index contributed by atoms with van der Waals surface area (Å²) in [5.41, 5.74) is 18.7. The van der Waals surface area contributed by atoms with E-state index in [1.54, 1.807) is 14.2 Å². The summed E-state index contributed by atoms with van der Waals surface area (Å²) in [5.74, 6) is 1.63.